The van der Waals surface area contributed by atoms with Crippen LogP contribution in [0.25, 0.3) is 10.9 Å². The lowest BCUT2D eigenvalue weighted by Crippen LogP contribution is -2.23. The number of aryl methyl sites for hydroxylation is 1. The molecule has 0 saturated carbocycles. The molecule has 0 unspecified atom stereocenters. The smallest absolute Gasteiger partial charge is 0.219 e. The van der Waals surface area contributed by atoms with Gasteiger partial charge < -0.3 is 15.0 Å². The Labute approximate surface area is 193 Å². The SMILES string of the molecule is CC(=O)N(C)CC#Cc1ccc2ncnc(Nc3ccc(Oc4ccccc4)c(C)c3)c2c1. The van der Waals surface area contributed by atoms with Crippen LogP contribution in [0.3, 0.4) is 0 Å². The highest BCUT2D eigenvalue weighted by atomic mass is 16.5. The van der Waals surface area contributed by atoms with Gasteiger partial charge in [0.25, 0.3) is 0 Å². The van der Waals surface area contributed by atoms with E-state index in [2.05, 4.69) is 27.1 Å². The van der Waals surface area contributed by atoms with E-state index in [-0.39, 0.29) is 5.91 Å². The van der Waals surface area contributed by atoms with Crippen LogP contribution >= 0.6 is 0 Å². The third-order valence-corrected chi connectivity index (χ3v) is 5.13. The van der Waals surface area contributed by atoms with Crippen LogP contribution in [0.5, 0.6) is 11.5 Å². The minimum absolute atomic E-state index is 0.0156. The summed E-state index contributed by atoms with van der Waals surface area (Å²) in [4.78, 5) is 21.7. The first-order valence-electron chi connectivity index (χ1n) is 10.6. The number of benzene rings is 3. The zero-order valence-corrected chi connectivity index (χ0v) is 18.8. The number of rotatable bonds is 5. The second-order valence-electron chi connectivity index (χ2n) is 7.65. The summed E-state index contributed by atoms with van der Waals surface area (Å²) < 4.78 is 5.98. The first kappa shape index (κ1) is 21.8. The fourth-order valence-corrected chi connectivity index (χ4v) is 3.20. The van der Waals surface area contributed by atoms with Crippen molar-refractivity contribution >= 4 is 28.3 Å². The van der Waals surface area contributed by atoms with Gasteiger partial charge in [-0.3, -0.25) is 4.79 Å². The number of para-hydroxylation sites is 1. The third kappa shape index (κ3) is 5.46. The van der Waals surface area contributed by atoms with Gasteiger partial charge >= 0.3 is 0 Å². The molecule has 4 aromatic rings. The zero-order valence-electron chi connectivity index (χ0n) is 18.8. The zero-order chi connectivity index (χ0) is 23.2. The molecule has 0 bridgehead atoms. The molecule has 0 saturated heterocycles. The van der Waals surface area contributed by atoms with Crippen LogP contribution in [0.15, 0.2) is 73.1 Å². The number of ether oxygens (including phenoxy) is 1. The van der Waals surface area contributed by atoms with Crippen LogP contribution in [-0.2, 0) is 4.79 Å². The number of fused-ring (bicyclic) bond motifs is 1. The van der Waals surface area contributed by atoms with E-state index in [0.717, 1.165) is 39.2 Å². The van der Waals surface area contributed by atoms with Gasteiger partial charge in [0.1, 0.15) is 23.6 Å². The lowest BCUT2D eigenvalue weighted by molar-refractivity contribution is -0.126. The molecular weight excluding hydrogens is 412 g/mol. The average Bonchev–Trinajstić information content (AvgIpc) is 2.82. The Kier molecular flexibility index (Phi) is 6.51. The highest BCUT2D eigenvalue weighted by Crippen LogP contribution is 2.29. The standard InChI is InChI=1S/C27H24N4O2/c1-19-16-22(12-14-26(19)33-23-9-5-4-6-10-23)30-27-24-17-21(8-7-15-31(3)20(2)32)11-13-25(24)28-18-29-27/h4-6,9-14,16-18H,15H2,1-3H3,(H,28,29,30). The van der Waals surface area contributed by atoms with E-state index in [4.69, 9.17) is 4.74 Å². The Hall–Kier alpha value is -4.37. The van der Waals surface area contributed by atoms with Crippen LogP contribution < -0.4 is 10.1 Å². The summed E-state index contributed by atoms with van der Waals surface area (Å²) in [5.74, 6) is 8.42. The van der Waals surface area contributed by atoms with Crippen molar-refractivity contribution in [2.75, 3.05) is 18.9 Å². The van der Waals surface area contributed by atoms with Gasteiger partial charge in [0.2, 0.25) is 5.91 Å². The van der Waals surface area contributed by atoms with E-state index in [1.54, 1.807) is 11.9 Å². The Morgan fingerprint density at radius 2 is 1.88 bits per heavy atom. The molecular formula is C27H24N4O2. The molecule has 0 spiro atoms. The van der Waals surface area contributed by atoms with Gasteiger partial charge in [-0.1, -0.05) is 30.0 Å². The summed E-state index contributed by atoms with van der Waals surface area (Å²) in [5.41, 5.74) is 3.55. The second-order valence-corrected chi connectivity index (χ2v) is 7.65. The molecule has 0 aliphatic rings. The van der Waals surface area contributed by atoms with Crippen LogP contribution in [0.1, 0.15) is 18.1 Å². The third-order valence-electron chi connectivity index (χ3n) is 5.13. The van der Waals surface area contributed by atoms with Crippen molar-refractivity contribution < 1.29 is 9.53 Å². The molecule has 1 amide bonds. The normalized spacial score (nSPS) is 10.3. The number of carbonyl (C=O) groups is 1. The monoisotopic (exact) mass is 436 g/mol. The van der Waals surface area contributed by atoms with Gasteiger partial charge in [0.05, 0.1) is 12.1 Å². The Morgan fingerprint density at radius 1 is 1.06 bits per heavy atom. The molecule has 0 radical (unpaired) electrons. The molecule has 0 aliphatic heterocycles. The van der Waals surface area contributed by atoms with E-state index >= 15 is 0 Å². The number of hydrogen-bond donors (Lipinski definition) is 1. The summed E-state index contributed by atoms with van der Waals surface area (Å²) in [6, 6.07) is 21.4. The number of nitrogens with one attached hydrogen (secondary N) is 1. The number of amides is 1. The first-order valence-corrected chi connectivity index (χ1v) is 10.6. The Balaban J connectivity index is 1.56. The molecule has 0 fully saturated rings. The fourth-order valence-electron chi connectivity index (χ4n) is 3.20. The summed E-state index contributed by atoms with van der Waals surface area (Å²) in [5, 5.41) is 4.25. The van der Waals surface area contributed by atoms with Crippen LogP contribution in [0, 0.1) is 18.8 Å². The average molecular weight is 437 g/mol. The molecule has 33 heavy (non-hydrogen) atoms. The fraction of sp³-hybridized carbons (Fsp3) is 0.148. The van der Waals surface area contributed by atoms with Gasteiger partial charge in [0.15, 0.2) is 0 Å². The van der Waals surface area contributed by atoms with Crippen LogP contribution in [0.2, 0.25) is 0 Å². The van der Waals surface area contributed by atoms with Crippen molar-refractivity contribution in [1.82, 2.24) is 14.9 Å². The molecule has 6 nitrogen and oxygen atoms in total. The van der Waals surface area contributed by atoms with Gasteiger partial charge in [-0.2, -0.15) is 0 Å². The van der Waals surface area contributed by atoms with Gasteiger partial charge in [-0.05, 0) is 61.0 Å². The maximum Gasteiger partial charge on any atom is 0.219 e. The van der Waals surface area contributed by atoms with Crippen molar-refractivity contribution in [3.63, 3.8) is 0 Å². The number of anilines is 2. The molecule has 0 aliphatic carbocycles. The largest absolute Gasteiger partial charge is 0.457 e. The molecule has 4 rings (SSSR count). The molecule has 6 heteroatoms. The molecule has 164 valence electrons. The topological polar surface area (TPSA) is 67.4 Å². The highest BCUT2D eigenvalue weighted by molar-refractivity contribution is 5.91. The van der Waals surface area contributed by atoms with E-state index in [1.807, 2.05) is 73.7 Å². The lowest BCUT2D eigenvalue weighted by atomic mass is 10.1. The maximum atomic E-state index is 11.3. The molecule has 1 aromatic heterocycles. The summed E-state index contributed by atoms with van der Waals surface area (Å²) in [6.07, 6.45) is 1.54. The van der Waals surface area contributed by atoms with Crippen molar-refractivity contribution in [3.05, 3.63) is 84.2 Å². The van der Waals surface area contributed by atoms with E-state index in [1.165, 1.54) is 13.3 Å². The van der Waals surface area contributed by atoms with E-state index in [9.17, 15) is 4.79 Å². The Morgan fingerprint density at radius 3 is 2.64 bits per heavy atom. The minimum Gasteiger partial charge on any atom is -0.457 e. The predicted molar refractivity (Wildman–Crippen MR) is 131 cm³/mol. The molecule has 1 N–H and O–H groups in total. The number of hydrogen-bond acceptors (Lipinski definition) is 5. The van der Waals surface area contributed by atoms with Crippen molar-refractivity contribution in [2.45, 2.75) is 13.8 Å². The van der Waals surface area contributed by atoms with Crippen molar-refractivity contribution in [3.8, 4) is 23.3 Å². The number of carbonyl (C=O) groups excluding carboxylic acids is 1. The van der Waals surface area contributed by atoms with E-state index < -0.39 is 0 Å². The summed E-state index contributed by atoms with van der Waals surface area (Å²) in [7, 11) is 1.73. The van der Waals surface area contributed by atoms with Crippen LogP contribution in [0.4, 0.5) is 11.5 Å². The van der Waals surface area contributed by atoms with E-state index in [0.29, 0.717) is 12.4 Å². The molecule has 0 atom stereocenters. The van der Waals surface area contributed by atoms with Crippen molar-refractivity contribution in [1.29, 1.82) is 0 Å². The number of nitrogens with zero attached hydrogens (tertiary/aromatic N) is 3. The minimum atomic E-state index is -0.0156. The molecule has 1 heterocycles. The molecule has 3 aromatic carbocycles. The summed E-state index contributed by atoms with van der Waals surface area (Å²) >= 11 is 0. The predicted octanol–water partition coefficient (Wildman–Crippen LogP) is 5.30. The summed E-state index contributed by atoms with van der Waals surface area (Å²) in [6.45, 7) is 3.91. The van der Waals surface area contributed by atoms with Crippen LogP contribution in [-0.4, -0.2) is 34.4 Å². The van der Waals surface area contributed by atoms with Gasteiger partial charge in [-0.15, -0.1) is 0 Å². The van der Waals surface area contributed by atoms with Gasteiger partial charge in [0, 0.05) is 30.6 Å². The first-order chi connectivity index (χ1) is 16.0. The highest BCUT2D eigenvalue weighted by Gasteiger charge is 2.08. The number of aromatic nitrogens is 2. The maximum absolute atomic E-state index is 11.3. The lowest BCUT2D eigenvalue weighted by Gasteiger charge is -2.12. The second kappa shape index (κ2) is 9.84. The quantitative estimate of drug-likeness (QED) is 0.430. The van der Waals surface area contributed by atoms with Gasteiger partial charge in [-0.25, -0.2) is 9.97 Å². The van der Waals surface area contributed by atoms with Crippen molar-refractivity contribution in [2.24, 2.45) is 0 Å². The Bertz CT molecular complexity index is 1360.